The van der Waals surface area contributed by atoms with Crippen LogP contribution in [0.1, 0.15) is 6.92 Å². The van der Waals surface area contributed by atoms with Crippen molar-refractivity contribution in [2.24, 2.45) is 0 Å². The van der Waals surface area contributed by atoms with Crippen LogP contribution < -0.4 is 0 Å². The van der Waals surface area contributed by atoms with E-state index in [1.807, 2.05) is 0 Å². The lowest BCUT2D eigenvalue weighted by atomic mass is 10.5. The topological polar surface area (TPSA) is 85.2 Å². The van der Waals surface area contributed by atoms with Gasteiger partial charge in [-0.1, -0.05) is 6.58 Å². The first kappa shape index (κ1) is 14.1. The third kappa shape index (κ3) is 6.19. The molecule has 0 spiro atoms. The molecule has 0 aliphatic heterocycles. The molecule has 0 heterocycles. The van der Waals surface area contributed by atoms with E-state index in [-0.39, 0.29) is 13.2 Å². The predicted molar refractivity (Wildman–Crippen MR) is 50.8 cm³/mol. The number of rotatable bonds is 8. The van der Waals surface area contributed by atoms with E-state index >= 15 is 0 Å². The minimum atomic E-state index is -2.33. The molecule has 1 unspecified atom stereocenters. The number of hydrogen-bond donors (Lipinski definition) is 2. The predicted octanol–water partition coefficient (Wildman–Crippen LogP) is -0.593. The Bertz CT molecular complexity index is 205. The lowest BCUT2D eigenvalue weighted by Crippen LogP contribution is -2.42. The molecule has 6 nitrogen and oxygen atoms in total. The van der Waals surface area contributed by atoms with Gasteiger partial charge in [0.2, 0.25) is 0 Å². The van der Waals surface area contributed by atoms with Gasteiger partial charge in [0, 0.05) is 12.7 Å². The molecule has 0 bridgehead atoms. The molecule has 0 aromatic heterocycles. The zero-order valence-corrected chi connectivity index (χ0v) is 8.64. The van der Waals surface area contributed by atoms with Crippen LogP contribution in [0.3, 0.4) is 0 Å². The molecule has 88 valence electrons. The molecule has 0 fully saturated rings. The summed E-state index contributed by atoms with van der Waals surface area (Å²) < 4.78 is 14.1. The number of hydrogen-bond acceptors (Lipinski definition) is 6. The van der Waals surface area contributed by atoms with E-state index < -0.39 is 18.5 Å². The summed E-state index contributed by atoms with van der Waals surface area (Å²) in [6.45, 7) is 4.81. The fraction of sp³-hybridized carbons (Fsp3) is 0.667. The van der Waals surface area contributed by atoms with Gasteiger partial charge in [0.25, 0.3) is 0 Å². The lowest BCUT2D eigenvalue weighted by molar-refractivity contribution is -0.354. The molecule has 0 aromatic carbocycles. The molecular formula is C9H16O6. The summed E-state index contributed by atoms with van der Waals surface area (Å²) in [5, 5.41) is 18.2. The van der Waals surface area contributed by atoms with E-state index in [0.29, 0.717) is 6.61 Å². The van der Waals surface area contributed by atoms with Gasteiger partial charge in [0.15, 0.2) is 0 Å². The quantitative estimate of drug-likeness (QED) is 0.246. The van der Waals surface area contributed by atoms with E-state index in [4.69, 9.17) is 14.6 Å². The molecule has 0 aromatic rings. The van der Waals surface area contributed by atoms with Gasteiger partial charge in [0.05, 0.1) is 13.2 Å². The van der Waals surface area contributed by atoms with Gasteiger partial charge in [-0.25, -0.2) is 4.79 Å². The molecule has 0 aliphatic rings. The fourth-order valence-corrected chi connectivity index (χ4v) is 0.711. The van der Waals surface area contributed by atoms with Gasteiger partial charge < -0.3 is 24.4 Å². The van der Waals surface area contributed by atoms with Crippen LogP contribution in [0.15, 0.2) is 12.7 Å². The summed E-state index contributed by atoms with van der Waals surface area (Å²) >= 11 is 0. The van der Waals surface area contributed by atoms with Gasteiger partial charge >= 0.3 is 11.9 Å². The lowest BCUT2D eigenvalue weighted by Gasteiger charge is -2.24. The van der Waals surface area contributed by atoms with Crippen molar-refractivity contribution in [3.8, 4) is 0 Å². The molecule has 0 radical (unpaired) electrons. The Morgan fingerprint density at radius 1 is 1.53 bits per heavy atom. The summed E-state index contributed by atoms with van der Waals surface area (Å²) in [6, 6.07) is 0. The smallest absolute Gasteiger partial charge is 0.351 e. The second-order valence-corrected chi connectivity index (χ2v) is 2.54. The third-order valence-electron chi connectivity index (χ3n) is 1.39. The molecule has 0 saturated carbocycles. The third-order valence-corrected chi connectivity index (χ3v) is 1.39. The van der Waals surface area contributed by atoms with Crippen molar-refractivity contribution in [1.82, 2.24) is 0 Å². The van der Waals surface area contributed by atoms with Crippen LogP contribution in [0.5, 0.6) is 0 Å². The highest BCUT2D eigenvalue weighted by Gasteiger charge is 2.31. The Morgan fingerprint density at radius 3 is 2.67 bits per heavy atom. The summed E-state index contributed by atoms with van der Waals surface area (Å²) in [6.07, 6.45) is 0.854. The summed E-state index contributed by atoms with van der Waals surface area (Å²) in [7, 11) is 0. The largest absolute Gasteiger partial charge is 0.403 e. The summed E-state index contributed by atoms with van der Waals surface area (Å²) in [4.78, 5) is 10.8. The highest BCUT2D eigenvalue weighted by molar-refractivity contribution is 5.81. The van der Waals surface area contributed by atoms with Gasteiger partial charge in [-0.3, -0.25) is 0 Å². The van der Waals surface area contributed by atoms with E-state index in [1.165, 1.54) is 0 Å². The van der Waals surface area contributed by atoms with Crippen LogP contribution in [0.2, 0.25) is 0 Å². The Balaban J connectivity index is 3.95. The highest BCUT2D eigenvalue weighted by Crippen LogP contribution is 2.08. The molecule has 1 atom stereocenters. The SMILES string of the molecule is C=CC(=O)OC(O)(CO)OCCOCC. The van der Waals surface area contributed by atoms with Gasteiger partial charge in [0.1, 0.15) is 6.61 Å². The molecule has 0 rings (SSSR count). The van der Waals surface area contributed by atoms with Gasteiger partial charge in [-0.2, -0.15) is 0 Å². The minimum Gasteiger partial charge on any atom is -0.403 e. The summed E-state index contributed by atoms with van der Waals surface area (Å²) in [5.41, 5.74) is 0. The van der Waals surface area contributed by atoms with E-state index in [0.717, 1.165) is 6.08 Å². The first-order chi connectivity index (χ1) is 7.08. The zero-order chi connectivity index (χ0) is 11.7. The van der Waals surface area contributed by atoms with Crippen molar-refractivity contribution in [3.63, 3.8) is 0 Å². The van der Waals surface area contributed by atoms with Crippen molar-refractivity contribution in [3.05, 3.63) is 12.7 Å². The highest BCUT2D eigenvalue weighted by atomic mass is 16.8. The number of ether oxygens (including phenoxy) is 3. The van der Waals surface area contributed by atoms with Crippen LogP contribution in [0.25, 0.3) is 0 Å². The van der Waals surface area contributed by atoms with Crippen LogP contribution >= 0.6 is 0 Å². The number of aliphatic hydroxyl groups excluding tert-OH is 1. The van der Waals surface area contributed by atoms with Crippen LogP contribution in [-0.2, 0) is 19.0 Å². The molecule has 0 amide bonds. The second kappa shape index (κ2) is 7.36. The van der Waals surface area contributed by atoms with Crippen molar-refractivity contribution in [2.75, 3.05) is 26.4 Å². The molecule has 6 heteroatoms. The zero-order valence-electron chi connectivity index (χ0n) is 8.64. The van der Waals surface area contributed by atoms with Crippen molar-refractivity contribution < 1.29 is 29.2 Å². The fourth-order valence-electron chi connectivity index (χ4n) is 0.711. The Kier molecular flexibility index (Phi) is 6.89. The van der Waals surface area contributed by atoms with Crippen molar-refractivity contribution in [2.45, 2.75) is 12.9 Å². The summed E-state index contributed by atoms with van der Waals surface area (Å²) in [5.74, 6) is -3.22. The van der Waals surface area contributed by atoms with Gasteiger partial charge in [-0.15, -0.1) is 0 Å². The Morgan fingerprint density at radius 2 is 2.20 bits per heavy atom. The average Bonchev–Trinajstić information content (AvgIpc) is 2.24. The average molecular weight is 220 g/mol. The molecule has 2 N–H and O–H groups in total. The van der Waals surface area contributed by atoms with Crippen LogP contribution in [0.4, 0.5) is 0 Å². The standard InChI is InChI=1S/C9H16O6/c1-3-8(11)15-9(12,7-10)14-6-5-13-4-2/h3,10,12H,1,4-7H2,2H3. The van der Waals surface area contributed by atoms with Gasteiger partial charge in [-0.05, 0) is 6.92 Å². The number of carbonyl (C=O) groups excluding carboxylic acids is 1. The molecular weight excluding hydrogens is 204 g/mol. The molecule has 0 aliphatic carbocycles. The Hall–Kier alpha value is -0.950. The van der Waals surface area contributed by atoms with E-state index in [1.54, 1.807) is 6.92 Å². The first-order valence-corrected chi connectivity index (χ1v) is 4.48. The van der Waals surface area contributed by atoms with E-state index in [2.05, 4.69) is 11.3 Å². The van der Waals surface area contributed by atoms with Crippen molar-refractivity contribution in [1.29, 1.82) is 0 Å². The molecule has 15 heavy (non-hydrogen) atoms. The Labute approximate surface area is 88.1 Å². The first-order valence-electron chi connectivity index (χ1n) is 4.48. The maximum absolute atomic E-state index is 10.8. The maximum Gasteiger partial charge on any atom is 0.351 e. The van der Waals surface area contributed by atoms with Crippen LogP contribution in [0, 0.1) is 0 Å². The number of carbonyl (C=O) groups is 1. The van der Waals surface area contributed by atoms with Crippen LogP contribution in [-0.4, -0.2) is 48.6 Å². The molecule has 0 saturated heterocycles. The van der Waals surface area contributed by atoms with E-state index in [9.17, 15) is 9.90 Å². The minimum absolute atomic E-state index is 0.00464. The normalized spacial score (nSPS) is 14.3. The monoisotopic (exact) mass is 220 g/mol. The second-order valence-electron chi connectivity index (χ2n) is 2.54. The van der Waals surface area contributed by atoms with Crippen molar-refractivity contribution >= 4 is 5.97 Å². The number of aliphatic hydroxyl groups is 2. The number of esters is 1. The maximum atomic E-state index is 10.8.